The molecule has 7 heteroatoms. The lowest BCUT2D eigenvalue weighted by molar-refractivity contribution is -0.00692. The van der Waals surface area contributed by atoms with Gasteiger partial charge >= 0.3 is 0 Å². The van der Waals surface area contributed by atoms with Crippen LogP contribution in [0.2, 0.25) is 0 Å². The summed E-state index contributed by atoms with van der Waals surface area (Å²) in [6, 6.07) is 1.51. The average molecular weight is 318 g/mol. The molecule has 124 valence electrons. The van der Waals surface area contributed by atoms with Crippen molar-refractivity contribution in [3.05, 3.63) is 35.2 Å². The lowest BCUT2D eigenvalue weighted by atomic mass is 10.1. The summed E-state index contributed by atoms with van der Waals surface area (Å²) in [7, 11) is 0. The number of imidazole rings is 1. The van der Waals surface area contributed by atoms with Crippen LogP contribution in [-0.2, 0) is 11.2 Å². The first kappa shape index (κ1) is 15.7. The van der Waals surface area contributed by atoms with E-state index in [2.05, 4.69) is 29.0 Å². The fourth-order valence-corrected chi connectivity index (χ4v) is 2.74. The van der Waals surface area contributed by atoms with Gasteiger partial charge in [0.1, 0.15) is 11.9 Å². The Bertz CT molecular complexity index is 676. The fraction of sp³-hybridized carbons (Fsp3) is 0.562. The number of aromatic nitrogens is 3. The summed E-state index contributed by atoms with van der Waals surface area (Å²) in [4.78, 5) is 22.0. The summed E-state index contributed by atoms with van der Waals surface area (Å²) >= 11 is 0. The van der Waals surface area contributed by atoms with Crippen LogP contribution in [-0.4, -0.2) is 45.7 Å². The number of rotatable bonds is 4. The van der Waals surface area contributed by atoms with E-state index in [4.69, 9.17) is 9.26 Å². The number of carbonyl (C=O) groups excluding carboxylic acids is 1. The standard InChI is InChI=1S/C16H22N4O3/c1-10(2)6-12-7-14(23-19-12)16(21)20-4-5-22-9-13(20)15-17-8-11(3)18-15/h7-8,10,13H,4-6,9H2,1-3H3,(H,17,18). The molecule has 0 aromatic carbocycles. The van der Waals surface area contributed by atoms with Gasteiger partial charge in [0.2, 0.25) is 5.76 Å². The molecule has 1 unspecified atom stereocenters. The summed E-state index contributed by atoms with van der Waals surface area (Å²) in [6.45, 7) is 7.58. The number of H-pyrrole nitrogens is 1. The molecule has 1 aliphatic rings. The molecule has 1 N–H and O–H groups in total. The van der Waals surface area contributed by atoms with Gasteiger partial charge in [-0.1, -0.05) is 19.0 Å². The lowest BCUT2D eigenvalue weighted by Crippen LogP contribution is -2.43. The third kappa shape index (κ3) is 3.44. The van der Waals surface area contributed by atoms with Crippen LogP contribution in [0.3, 0.4) is 0 Å². The number of ether oxygens (including phenoxy) is 1. The monoisotopic (exact) mass is 318 g/mol. The summed E-state index contributed by atoms with van der Waals surface area (Å²) in [6.07, 6.45) is 2.54. The first-order valence-corrected chi connectivity index (χ1v) is 7.90. The summed E-state index contributed by atoms with van der Waals surface area (Å²) < 4.78 is 10.8. The normalized spacial score (nSPS) is 18.6. The molecule has 2 aromatic rings. The molecule has 0 spiro atoms. The molecular formula is C16H22N4O3. The van der Waals surface area contributed by atoms with E-state index in [9.17, 15) is 4.79 Å². The van der Waals surface area contributed by atoms with Crippen molar-refractivity contribution >= 4 is 5.91 Å². The van der Waals surface area contributed by atoms with Crippen molar-refractivity contribution in [2.24, 2.45) is 5.92 Å². The van der Waals surface area contributed by atoms with E-state index in [1.165, 1.54) is 0 Å². The second kappa shape index (κ2) is 6.54. The number of carbonyl (C=O) groups is 1. The van der Waals surface area contributed by atoms with Crippen molar-refractivity contribution in [1.82, 2.24) is 20.0 Å². The maximum atomic E-state index is 12.8. The molecule has 23 heavy (non-hydrogen) atoms. The molecular weight excluding hydrogens is 296 g/mol. The molecule has 1 aliphatic heterocycles. The molecule has 0 aliphatic carbocycles. The minimum atomic E-state index is -0.233. The Morgan fingerprint density at radius 1 is 1.52 bits per heavy atom. The van der Waals surface area contributed by atoms with Crippen LogP contribution in [0, 0.1) is 12.8 Å². The molecule has 0 radical (unpaired) electrons. The number of hydrogen-bond acceptors (Lipinski definition) is 5. The van der Waals surface area contributed by atoms with Crippen LogP contribution in [0.4, 0.5) is 0 Å². The number of aryl methyl sites for hydroxylation is 1. The molecule has 0 saturated carbocycles. The van der Waals surface area contributed by atoms with Gasteiger partial charge in [0, 0.05) is 24.5 Å². The molecule has 2 aromatic heterocycles. The minimum absolute atomic E-state index is 0.171. The van der Waals surface area contributed by atoms with Gasteiger partial charge in [-0.2, -0.15) is 0 Å². The fourth-order valence-electron chi connectivity index (χ4n) is 2.74. The van der Waals surface area contributed by atoms with Gasteiger partial charge in [-0.15, -0.1) is 0 Å². The summed E-state index contributed by atoms with van der Waals surface area (Å²) in [5.41, 5.74) is 1.76. The van der Waals surface area contributed by atoms with E-state index in [0.29, 0.717) is 25.7 Å². The predicted octanol–water partition coefficient (Wildman–Crippen LogP) is 2.12. The molecule has 1 amide bonds. The van der Waals surface area contributed by atoms with Crippen molar-refractivity contribution in [3.8, 4) is 0 Å². The van der Waals surface area contributed by atoms with Crippen LogP contribution in [0.25, 0.3) is 0 Å². The topological polar surface area (TPSA) is 84.2 Å². The highest BCUT2D eigenvalue weighted by atomic mass is 16.5. The Kier molecular flexibility index (Phi) is 4.47. The third-order valence-corrected chi connectivity index (χ3v) is 3.81. The average Bonchev–Trinajstić information content (AvgIpc) is 3.15. The first-order chi connectivity index (χ1) is 11.0. The maximum absolute atomic E-state index is 12.8. The molecule has 3 heterocycles. The van der Waals surface area contributed by atoms with E-state index >= 15 is 0 Å². The molecule has 1 atom stereocenters. The number of amides is 1. The van der Waals surface area contributed by atoms with E-state index in [0.717, 1.165) is 23.6 Å². The van der Waals surface area contributed by atoms with Crippen molar-refractivity contribution in [2.75, 3.05) is 19.8 Å². The molecule has 1 fully saturated rings. The van der Waals surface area contributed by atoms with Crippen molar-refractivity contribution in [2.45, 2.75) is 33.2 Å². The first-order valence-electron chi connectivity index (χ1n) is 7.90. The molecule has 1 saturated heterocycles. The quantitative estimate of drug-likeness (QED) is 0.933. The Hall–Kier alpha value is -2.15. The van der Waals surface area contributed by atoms with Gasteiger partial charge < -0.3 is 19.1 Å². The number of hydrogen-bond donors (Lipinski definition) is 1. The Morgan fingerprint density at radius 2 is 2.35 bits per heavy atom. The number of aromatic amines is 1. The van der Waals surface area contributed by atoms with Crippen LogP contribution >= 0.6 is 0 Å². The number of nitrogens with zero attached hydrogens (tertiary/aromatic N) is 3. The van der Waals surface area contributed by atoms with E-state index < -0.39 is 0 Å². The molecule has 0 bridgehead atoms. The SMILES string of the molecule is Cc1cnc(C2COCCN2C(=O)c2cc(CC(C)C)no2)[nH]1. The van der Waals surface area contributed by atoms with Crippen LogP contribution in [0.5, 0.6) is 0 Å². The number of nitrogens with one attached hydrogen (secondary N) is 1. The highest BCUT2D eigenvalue weighted by Gasteiger charge is 2.33. The van der Waals surface area contributed by atoms with Crippen LogP contribution < -0.4 is 0 Å². The highest BCUT2D eigenvalue weighted by Crippen LogP contribution is 2.24. The predicted molar refractivity (Wildman–Crippen MR) is 83.0 cm³/mol. The summed E-state index contributed by atoms with van der Waals surface area (Å²) in [5, 5.41) is 4.00. The Labute approximate surface area is 135 Å². The highest BCUT2D eigenvalue weighted by molar-refractivity contribution is 5.91. The zero-order valence-electron chi connectivity index (χ0n) is 13.7. The van der Waals surface area contributed by atoms with Crippen molar-refractivity contribution < 1.29 is 14.1 Å². The van der Waals surface area contributed by atoms with Gasteiger partial charge in [0.25, 0.3) is 5.91 Å². The lowest BCUT2D eigenvalue weighted by Gasteiger charge is -2.33. The Balaban J connectivity index is 1.79. The number of morpholine rings is 1. The van der Waals surface area contributed by atoms with E-state index in [-0.39, 0.29) is 17.7 Å². The van der Waals surface area contributed by atoms with Crippen molar-refractivity contribution in [3.63, 3.8) is 0 Å². The maximum Gasteiger partial charge on any atom is 0.293 e. The van der Waals surface area contributed by atoms with Gasteiger partial charge in [0.15, 0.2) is 0 Å². The van der Waals surface area contributed by atoms with Crippen molar-refractivity contribution in [1.29, 1.82) is 0 Å². The van der Waals surface area contributed by atoms with E-state index in [1.54, 1.807) is 17.2 Å². The van der Waals surface area contributed by atoms with Gasteiger partial charge in [0.05, 0.1) is 18.9 Å². The minimum Gasteiger partial charge on any atom is -0.377 e. The molecule has 7 nitrogen and oxygen atoms in total. The summed E-state index contributed by atoms with van der Waals surface area (Å²) in [5.74, 6) is 1.30. The van der Waals surface area contributed by atoms with Crippen LogP contribution in [0.15, 0.2) is 16.8 Å². The van der Waals surface area contributed by atoms with Crippen LogP contribution in [0.1, 0.15) is 47.7 Å². The van der Waals surface area contributed by atoms with Gasteiger partial charge in [-0.05, 0) is 19.3 Å². The van der Waals surface area contributed by atoms with Gasteiger partial charge in [-0.25, -0.2) is 4.98 Å². The zero-order chi connectivity index (χ0) is 16.4. The largest absolute Gasteiger partial charge is 0.377 e. The second-order valence-electron chi connectivity index (χ2n) is 6.32. The zero-order valence-corrected chi connectivity index (χ0v) is 13.7. The van der Waals surface area contributed by atoms with E-state index in [1.807, 2.05) is 6.92 Å². The third-order valence-electron chi connectivity index (χ3n) is 3.81. The van der Waals surface area contributed by atoms with Gasteiger partial charge in [-0.3, -0.25) is 4.79 Å². The smallest absolute Gasteiger partial charge is 0.293 e. The Morgan fingerprint density at radius 3 is 3.04 bits per heavy atom. The molecule has 3 rings (SSSR count). The second-order valence-corrected chi connectivity index (χ2v) is 6.32.